The lowest BCUT2D eigenvalue weighted by molar-refractivity contribution is -0.121. The van der Waals surface area contributed by atoms with Crippen molar-refractivity contribution in [2.75, 3.05) is 0 Å². The van der Waals surface area contributed by atoms with E-state index in [0.717, 1.165) is 10.2 Å². The van der Waals surface area contributed by atoms with Gasteiger partial charge in [-0.1, -0.05) is 28.1 Å². The first kappa shape index (κ1) is 15.6. The van der Waals surface area contributed by atoms with Crippen LogP contribution in [-0.2, 0) is 10.5 Å². The molecule has 0 radical (unpaired) electrons. The van der Waals surface area contributed by atoms with Crippen LogP contribution in [0.25, 0.3) is 0 Å². The van der Waals surface area contributed by atoms with E-state index in [-0.39, 0.29) is 16.7 Å². The molecule has 1 unspecified atom stereocenters. The molecular formula is C14H20BrNOS. The maximum Gasteiger partial charge on any atom is 0.233 e. The van der Waals surface area contributed by atoms with E-state index in [9.17, 15) is 4.79 Å². The molecule has 0 saturated heterocycles. The first-order valence-electron chi connectivity index (χ1n) is 5.96. The lowest BCUT2D eigenvalue weighted by Crippen LogP contribution is -2.44. The summed E-state index contributed by atoms with van der Waals surface area (Å²) in [6.07, 6.45) is 0. The van der Waals surface area contributed by atoms with Crippen molar-refractivity contribution in [1.82, 2.24) is 5.32 Å². The Hall–Kier alpha value is -0.480. The van der Waals surface area contributed by atoms with Gasteiger partial charge in [0.1, 0.15) is 0 Å². The van der Waals surface area contributed by atoms with Gasteiger partial charge in [0, 0.05) is 15.8 Å². The zero-order valence-corrected chi connectivity index (χ0v) is 13.7. The van der Waals surface area contributed by atoms with E-state index in [1.807, 2.05) is 39.8 Å². The van der Waals surface area contributed by atoms with Gasteiger partial charge >= 0.3 is 0 Å². The van der Waals surface area contributed by atoms with Crippen LogP contribution in [0.15, 0.2) is 28.7 Å². The summed E-state index contributed by atoms with van der Waals surface area (Å²) in [6, 6.07) is 8.18. The molecule has 100 valence electrons. The topological polar surface area (TPSA) is 29.1 Å². The highest BCUT2D eigenvalue weighted by molar-refractivity contribution is 9.10. The molecule has 0 aliphatic rings. The van der Waals surface area contributed by atoms with E-state index >= 15 is 0 Å². The highest BCUT2D eigenvalue weighted by atomic mass is 79.9. The number of hydrogen-bond acceptors (Lipinski definition) is 2. The third-order valence-electron chi connectivity index (χ3n) is 2.26. The van der Waals surface area contributed by atoms with Crippen molar-refractivity contribution < 1.29 is 4.79 Å². The molecule has 18 heavy (non-hydrogen) atoms. The number of rotatable bonds is 4. The van der Waals surface area contributed by atoms with Crippen molar-refractivity contribution in [3.8, 4) is 0 Å². The molecule has 1 amide bonds. The number of hydrogen-bond donors (Lipinski definition) is 1. The quantitative estimate of drug-likeness (QED) is 0.904. The normalized spacial score (nSPS) is 13.2. The van der Waals surface area contributed by atoms with Gasteiger partial charge < -0.3 is 5.32 Å². The Morgan fingerprint density at radius 2 is 2.11 bits per heavy atom. The van der Waals surface area contributed by atoms with Gasteiger partial charge in [-0.25, -0.2) is 0 Å². The highest BCUT2D eigenvalue weighted by Gasteiger charge is 2.19. The predicted molar refractivity (Wildman–Crippen MR) is 82.8 cm³/mol. The number of benzene rings is 1. The molecule has 0 fully saturated rings. The van der Waals surface area contributed by atoms with Gasteiger partial charge in [0.05, 0.1) is 5.25 Å². The number of amides is 1. The monoisotopic (exact) mass is 329 g/mol. The average Bonchev–Trinajstić information content (AvgIpc) is 2.23. The molecule has 1 aromatic rings. The molecule has 4 heteroatoms. The Bertz CT molecular complexity index is 415. The molecule has 1 N–H and O–H groups in total. The molecule has 0 aliphatic heterocycles. The first-order valence-corrected chi connectivity index (χ1v) is 7.80. The molecule has 0 heterocycles. The number of thioether (sulfide) groups is 1. The van der Waals surface area contributed by atoms with Gasteiger partial charge in [-0.15, -0.1) is 11.8 Å². The van der Waals surface area contributed by atoms with Gasteiger partial charge in [0.15, 0.2) is 0 Å². The Morgan fingerprint density at radius 3 is 2.67 bits per heavy atom. The van der Waals surface area contributed by atoms with Gasteiger partial charge in [-0.2, -0.15) is 0 Å². The van der Waals surface area contributed by atoms with Gasteiger partial charge in [0.25, 0.3) is 0 Å². The van der Waals surface area contributed by atoms with Crippen LogP contribution in [0, 0.1) is 0 Å². The summed E-state index contributed by atoms with van der Waals surface area (Å²) < 4.78 is 1.08. The molecule has 0 aliphatic carbocycles. The molecule has 1 aromatic carbocycles. The Morgan fingerprint density at radius 1 is 1.44 bits per heavy atom. The van der Waals surface area contributed by atoms with Crippen molar-refractivity contribution in [3.63, 3.8) is 0 Å². The van der Waals surface area contributed by atoms with E-state index in [2.05, 4.69) is 33.4 Å². The van der Waals surface area contributed by atoms with Crippen LogP contribution < -0.4 is 5.32 Å². The van der Waals surface area contributed by atoms with Crippen LogP contribution in [0.4, 0.5) is 0 Å². The average molecular weight is 330 g/mol. The lowest BCUT2D eigenvalue weighted by atomic mass is 10.1. The second-order valence-corrected chi connectivity index (χ2v) is 7.57. The van der Waals surface area contributed by atoms with Crippen molar-refractivity contribution in [2.45, 2.75) is 44.2 Å². The van der Waals surface area contributed by atoms with Crippen molar-refractivity contribution in [3.05, 3.63) is 34.3 Å². The second kappa shape index (κ2) is 6.62. The first-order chi connectivity index (χ1) is 8.28. The maximum atomic E-state index is 11.9. The summed E-state index contributed by atoms with van der Waals surface area (Å²) in [7, 11) is 0. The Balaban J connectivity index is 2.46. The zero-order chi connectivity index (χ0) is 13.8. The van der Waals surface area contributed by atoms with Crippen molar-refractivity contribution in [1.29, 1.82) is 0 Å². The SMILES string of the molecule is CC(SCc1cccc(Br)c1)C(=O)NC(C)(C)C. The molecule has 1 rings (SSSR count). The molecule has 0 saturated carbocycles. The van der Waals surface area contributed by atoms with E-state index in [1.165, 1.54) is 5.56 Å². The predicted octanol–water partition coefficient (Wildman–Crippen LogP) is 3.99. The van der Waals surface area contributed by atoms with Crippen LogP contribution in [-0.4, -0.2) is 16.7 Å². The second-order valence-electron chi connectivity index (χ2n) is 5.32. The summed E-state index contributed by atoms with van der Waals surface area (Å²) in [6.45, 7) is 7.94. The molecule has 0 spiro atoms. The van der Waals surface area contributed by atoms with E-state index in [1.54, 1.807) is 11.8 Å². The zero-order valence-electron chi connectivity index (χ0n) is 11.3. The number of carbonyl (C=O) groups is 1. The van der Waals surface area contributed by atoms with Crippen LogP contribution in [0.5, 0.6) is 0 Å². The molecule has 2 nitrogen and oxygen atoms in total. The van der Waals surface area contributed by atoms with Crippen molar-refractivity contribution >= 4 is 33.6 Å². The Kier molecular flexibility index (Phi) is 5.73. The molecule has 0 bridgehead atoms. The molecule has 1 atom stereocenters. The summed E-state index contributed by atoms with van der Waals surface area (Å²) in [5.41, 5.74) is 1.06. The fourth-order valence-corrected chi connectivity index (χ4v) is 2.67. The third kappa shape index (κ3) is 5.91. The minimum atomic E-state index is -0.165. The fourth-order valence-electron chi connectivity index (χ4n) is 1.39. The van der Waals surface area contributed by atoms with Gasteiger partial charge in [0.2, 0.25) is 5.91 Å². The van der Waals surface area contributed by atoms with Crippen LogP contribution >= 0.6 is 27.7 Å². The van der Waals surface area contributed by atoms with Crippen LogP contribution in [0.2, 0.25) is 0 Å². The van der Waals surface area contributed by atoms with Gasteiger partial charge in [-0.05, 0) is 45.4 Å². The standard InChI is InChI=1S/C14H20BrNOS/c1-10(13(17)16-14(2,3)4)18-9-11-6-5-7-12(15)8-11/h5-8,10H,9H2,1-4H3,(H,16,17). The lowest BCUT2D eigenvalue weighted by Gasteiger charge is -2.23. The maximum absolute atomic E-state index is 11.9. The fraction of sp³-hybridized carbons (Fsp3) is 0.500. The minimum absolute atomic E-state index is 0.0387. The summed E-state index contributed by atoms with van der Waals surface area (Å²) in [5.74, 6) is 0.945. The van der Waals surface area contributed by atoms with Crippen LogP contribution in [0.1, 0.15) is 33.3 Å². The molecular weight excluding hydrogens is 310 g/mol. The Labute approximate surface area is 122 Å². The largest absolute Gasteiger partial charge is 0.351 e. The smallest absolute Gasteiger partial charge is 0.233 e. The minimum Gasteiger partial charge on any atom is -0.351 e. The summed E-state index contributed by atoms with van der Waals surface area (Å²) in [4.78, 5) is 11.9. The molecule has 0 aromatic heterocycles. The van der Waals surface area contributed by atoms with Gasteiger partial charge in [-0.3, -0.25) is 4.79 Å². The number of halogens is 1. The summed E-state index contributed by atoms with van der Waals surface area (Å²) in [5, 5.41) is 2.96. The number of nitrogens with one attached hydrogen (secondary N) is 1. The van der Waals surface area contributed by atoms with Crippen LogP contribution in [0.3, 0.4) is 0 Å². The van der Waals surface area contributed by atoms with E-state index in [4.69, 9.17) is 0 Å². The highest BCUT2D eigenvalue weighted by Crippen LogP contribution is 2.21. The van der Waals surface area contributed by atoms with E-state index in [0.29, 0.717) is 0 Å². The van der Waals surface area contributed by atoms with E-state index < -0.39 is 0 Å². The van der Waals surface area contributed by atoms with Crippen molar-refractivity contribution in [2.24, 2.45) is 0 Å². The summed E-state index contributed by atoms with van der Waals surface area (Å²) >= 11 is 5.10. The third-order valence-corrected chi connectivity index (χ3v) is 3.96. The number of carbonyl (C=O) groups excluding carboxylic acids is 1.